The molecule has 0 aliphatic carbocycles. The van der Waals surface area contributed by atoms with Gasteiger partial charge in [-0.05, 0) is 109 Å². The molecule has 0 aliphatic rings. The zero-order valence-electron chi connectivity index (χ0n) is 51.6. The number of hydrazone groups is 1. The highest BCUT2D eigenvalue weighted by atomic mass is 35.5. The van der Waals surface area contributed by atoms with E-state index >= 15 is 0 Å². The maximum atomic E-state index is 11.9. The lowest BCUT2D eigenvalue weighted by molar-refractivity contribution is -0.115. The number of nitrogens with zero attached hydrogens (tertiary/aromatic N) is 7. The molecule has 8 rings (SSSR count). The van der Waals surface area contributed by atoms with E-state index in [2.05, 4.69) is 61.4 Å². The van der Waals surface area contributed by atoms with Gasteiger partial charge >= 0.3 is 6.09 Å². The van der Waals surface area contributed by atoms with E-state index < -0.39 is 17.7 Å². The smallest absolute Gasteiger partial charge is 0.414 e. The van der Waals surface area contributed by atoms with E-state index in [0.717, 1.165) is 17.3 Å². The highest BCUT2D eigenvalue weighted by molar-refractivity contribution is 8.00. The van der Waals surface area contributed by atoms with E-state index in [0.29, 0.717) is 114 Å². The van der Waals surface area contributed by atoms with Gasteiger partial charge < -0.3 is 21.5 Å². The molecule has 0 bridgehead atoms. The number of amides is 3. The topological polar surface area (TPSA) is 348 Å². The Morgan fingerprint density at radius 1 is 0.526 bits per heavy atom. The lowest BCUT2D eigenvalue weighted by Crippen LogP contribution is -2.36. The highest BCUT2D eigenvalue weighted by Gasteiger charge is 2.20. The van der Waals surface area contributed by atoms with Crippen molar-refractivity contribution in [2.75, 3.05) is 28.8 Å². The Morgan fingerprint density at radius 2 is 0.853 bits per heavy atom. The molecule has 0 fully saturated rings. The van der Waals surface area contributed by atoms with Crippen molar-refractivity contribution in [3.8, 4) is 6.07 Å². The van der Waals surface area contributed by atoms with Crippen molar-refractivity contribution in [2.24, 2.45) is 5.10 Å². The molecule has 0 saturated heterocycles. The highest BCUT2D eigenvalue weighted by Crippen LogP contribution is 2.44. The summed E-state index contributed by atoms with van der Waals surface area (Å²) < 4.78 is 4.57. The largest absolute Gasteiger partial charge is 0.450 e. The number of halogens is 9. The number of carbonyl (C=O) groups excluding carboxylic acids is 3. The van der Waals surface area contributed by atoms with Crippen LogP contribution in [0.15, 0.2) is 132 Å². The van der Waals surface area contributed by atoms with Crippen LogP contribution in [0.1, 0.15) is 115 Å². The van der Waals surface area contributed by atoms with Crippen molar-refractivity contribution < 1.29 is 19.1 Å². The summed E-state index contributed by atoms with van der Waals surface area (Å²) in [4.78, 5) is 72.0. The summed E-state index contributed by atoms with van der Waals surface area (Å²) >= 11 is 60.8. The molecule has 4 aromatic heterocycles. The Morgan fingerprint density at radius 3 is 1.18 bits per heavy atom. The summed E-state index contributed by atoms with van der Waals surface area (Å²) in [5, 5.41) is 50.7. The predicted octanol–water partition coefficient (Wildman–Crippen LogP) is 17.5. The molecule has 4 aromatic carbocycles. The Balaban J connectivity index is 0.000000234. The summed E-state index contributed by atoms with van der Waals surface area (Å²) in [6, 6.07) is 21.4. The number of alkyl carbamates (subject to hydrolysis) is 1. The van der Waals surface area contributed by atoms with Gasteiger partial charge in [0, 0.05) is 40.7 Å². The molecule has 0 spiro atoms. The molecule has 4 heterocycles. The number of anilines is 4. The minimum atomic E-state index is -1.03. The third-order valence-corrected chi connectivity index (χ3v) is 19.8. The average molecular weight is 1550 g/mol. The lowest BCUT2D eigenvalue weighted by Gasteiger charge is -2.10. The number of nitrogen functional groups attached to an aromatic ring is 2. The molecule has 95 heavy (non-hydrogen) atoms. The quantitative estimate of drug-likeness (QED) is 0.0238. The van der Waals surface area contributed by atoms with Gasteiger partial charge in [-0.1, -0.05) is 207 Å². The normalized spacial score (nSPS) is 11.0. The second-order valence-corrected chi connectivity index (χ2v) is 28.4. The molecular formula is C60H58Cl9N15O7S4. The van der Waals surface area contributed by atoms with Crippen LogP contribution >= 0.6 is 151 Å². The fraction of sp³-hybridized carbons (Fsp3) is 0.250. The Labute approximate surface area is 607 Å². The van der Waals surface area contributed by atoms with E-state index in [4.69, 9.17) is 121 Å². The first-order valence-electron chi connectivity index (χ1n) is 27.7. The van der Waals surface area contributed by atoms with E-state index in [1.807, 2.05) is 66.8 Å². The monoisotopic (exact) mass is 1540 g/mol. The number of rotatable bonds is 17. The summed E-state index contributed by atoms with van der Waals surface area (Å²) in [7, 11) is 0. The van der Waals surface area contributed by atoms with Gasteiger partial charge in [0.05, 0.1) is 72.1 Å². The van der Waals surface area contributed by atoms with Crippen molar-refractivity contribution in [1.82, 2.24) is 46.1 Å². The van der Waals surface area contributed by atoms with Crippen LogP contribution in [0, 0.1) is 11.3 Å². The van der Waals surface area contributed by atoms with E-state index in [1.54, 1.807) is 67.6 Å². The third-order valence-electron chi connectivity index (χ3n) is 12.0. The van der Waals surface area contributed by atoms with Gasteiger partial charge in [0.1, 0.15) is 26.2 Å². The van der Waals surface area contributed by atoms with Gasteiger partial charge in [0.25, 0.3) is 22.6 Å². The summed E-state index contributed by atoms with van der Waals surface area (Å²) in [5.74, 6) is -0.788. The van der Waals surface area contributed by atoms with Crippen molar-refractivity contribution >= 4 is 198 Å². The van der Waals surface area contributed by atoms with Crippen LogP contribution < -0.4 is 44.2 Å². The van der Waals surface area contributed by atoms with E-state index in [9.17, 15) is 28.8 Å². The van der Waals surface area contributed by atoms with Crippen LogP contribution in [0.5, 0.6) is 0 Å². The second-order valence-electron chi connectivity index (χ2n) is 20.6. The molecule has 8 aromatic rings. The number of aromatic nitrogens is 8. The Kier molecular flexibility index (Phi) is 31.2. The number of hydrogen-bond acceptors (Lipinski definition) is 21. The van der Waals surface area contributed by atoms with Gasteiger partial charge in [-0.3, -0.25) is 34.7 Å². The standard InChI is InChI=1S/C19H18Cl2N6O4S.C15H15Cl2N3O2S.C13H12Cl3N3S.C13H13Cl2N3OS/c1-4-31-19(30)23-18(29)14(8-22)25-24-10-5-12(20)16(13(21)6-10)32-15-7-11(9(2)3)17(28)27-26-15;1-7(2)10-6-13(19-20-15(10)22)23-14-11(16)4-9(5-12(14)17)18-8(3)21;1-6(2)8-5-11(18-19-13(8)16)20-12-9(14)3-7(17)4-10(12)15;1-6(2)8-5-11(17-18-13(8)19)20-12-9(14)3-7(16)4-10(12)15/h5-7,9,24H,4H2,1-3H3,(H,27,28)(H,23,29,30);4-7H,1-3H3,(H,18,21)(H,20,22);3-6H,17H2,1-2H3;3-6H,16H2,1-2H3,(H,18,19)/b25-14-;;;. The molecule has 0 saturated carbocycles. The summed E-state index contributed by atoms with van der Waals surface area (Å²) in [6.07, 6.45) is -0.996. The van der Waals surface area contributed by atoms with Crippen molar-refractivity contribution in [3.05, 3.63) is 171 Å². The molecule has 0 atom stereocenters. The number of imide groups is 1. The fourth-order valence-electron chi connectivity index (χ4n) is 7.47. The maximum absolute atomic E-state index is 11.9. The number of hydrogen-bond donors (Lipinski definition) is 8. The number of nitrogens with one attached hydrogen (secondary N) is 6. The Bertz CT molecular complexity index is 4310. The van der Waals surface area contributed by atoms with Crippen LogP contribution in [0.3, 0.4) is 0 Å². The molecule has 10 N–H and O–H groups in total. The number of carbonyl (C=O) groups is 3. The number of H-pyrrole nitrogens is 3. The van der Waals surface area contributed by atoms with Crippen LogP contribution in [-0.2, 0) is 14.3 Å². The minimum absolute atomic E-state index is 0.00633. The van der Waals surface area contributed by atoms with Crippen molar-refractivity contribution in [3.63, 3.8) is 0 Å². The number of aromatic amines is 3. The first-order chi connectivity index (χ1) is 44.7. The van der Waals surface area contributed by atoms with Crippen LogP contribution in [0.4, 0.5) is 27.5 Å². The predicted molar refractivity (Wildman–Crippen MR) is 385 cm³/mol. The lowest BCUT2D eigenvalue weighted by atomic mass is 10.1. The maximum Gasteiger partial charge on any atom is 0.414 e. The molecule has 502 valence electrons. The average Bonchev–Trinajstić information content (AvgIpc) is 0.880. The molecule has 3 amide bonds. The summed E-state index contributed by atoms with van der Waals surface area (Å²) in [6.45, 7) is 18.7. The summed E-state index contributed by atoms with van der Waals surface area (Å²) in [5.41, 5.74) is 17.2. The van der Waals surface area contributed by atoms with Crippen molar-refractivity contribution in [2.45, 2.75) is 133 Å². The van der Waals surface area contributed by atoms with E-state index in [-0.39, 0.29) is 62.9 Å². The Hall–Kier alpha value is -6.42. The zero-order valence-corrected chi connectivity index (χ0v) is 61.7. The van der Waals surface area contributed by atoms with Crippen molar-refractivity contribution in [1.29, 1.82) is 5.26 Å². The minimum Gasteiger partial charge on any atom is -0.450 e. The first-order valence-corrected chi connectivity index (χ1v) is 34.4. The number of nitriles is 1. The number of nitrogens with two attached hydrogens (primary N) is 2. The van der Waals surface area contributed by atoms with Gasteiger partial charge in [0.2, 0.25) is 11.6 Å². The number of ether oxygens (including phenoxy) is 1. The molecule has 0 radical (unpaired) electrons. The molecule has 35 heteroatoms. The van der Waals surface area contributed by atoms with Gasteiger partial charge in [0.15, 0.2) is 5.15 Å². The van der Waals surface area contributed by atoms with Crippen LogP contribution in [0.2, 0.25) is 45.3 Å². The SMILES string of the molecule is CC(=O)Nc1cc(Cl)c(Sc2cc(C(C)C)c(=O)[nH]n2)c(Cl)c1.CC(C)c1cc(Sc2c(Cl)cc(N)cc2Cl)n[nH]c1=O.CC(C)c1cc(Sc2c(Cl)cc(N)cc2Cl)nnc1Cl.CCOC(=O)NC(=O)/C(C#N)=N\Nc1cc(Cl)c(Sc2cc(C(C)C)c(=O)[nH]n2)c(Cl)c1. The van der Waals surface area contributed by atoms with E-state index in [1.165, 1.54) is 54.3 Å². The fourth-order valence-corrected chi connectivity index (χ4v) is 13.9. The molecular weight excluding hydrogens is 1490 g/mol. The second kappa shape index (κ2) is 37.3. The van der Waals surface area contributed by atoms with Gasteiger partial charge in [-0.15, -0.1) is 10.2 Å². The zero-order chi connectivity index (χ0) is 70.7. The van der Waals surface area contributed by atoms with Gasteiger partial charge in [-0.25, -0.2) is 20.1 Å². The van der Waals surface area contributed by atoms with Crippen LogP contribution in [0.25, 0.3) is 0 Å². The molecule has 22 nitrogen and oxygen atoms in total. The van der Waals surface area contributed by atoms with Gasteiger partial charge in [-0.2, -0.15) is 25.7 Å². The third kappa shape index (κ3) is 24.0. The number of benzene rings is 4. The molecule has 0 unspecified atom stereocenters. The first kappa shape index (κ1) is 79.3. The molecule has 0 aliphatic heterocycles. The van der Waals surface area contributed by atoms with Crippen LogP contribution in [-0.4, -0.2) is 71.0 Å².